The van der Waals surface area contributed by atoms with Crippen molar-refractivity contribution in [1.82, 2.24) is 15.5 Å². The predicted octanol–water partition coefficient (Wildman–Crippen LogP) is 0.727. The van der Waals surface area contributed by atoms with Crippen LogP contribution < -0.4 is 15.5 Å². The third kappa shape index (κ3) is 4.50. The highest BCUT2D eigenvalue weighted by molar-refractivity contribution is 7.09. The number of carbonyl (C=O) groups is 3. The summed E-state index contributed by atoms with van der Waals surface area (Å²) in [6, 6.07) is 3.61. The van der Waals surface area contributed by atoms with Gasteiger partial charge in [-0.1, -0.05) is 13.0 Å². The van der Waals surface area contributed by atoms with Crippen LogP contribution in [0.5, 0.6) is 0 Å². The number of quaternary nitrogens is 1. The van der Waals surface area contributed by atoms with E-state index in [1.54, 1.807) is 11.3 Å². The number of amides is 4. The van der Waals surface area contributed by atoms with E-state index < -0.39 is 5.54 Å². The summed E-state index contributed by atoms with van der Waals surface area (Å²) < 4.78 is 0. The van der Waals surface area contributed by atoms with Crippen molar-refractivity contribution in [1.29, 1.82) is 0 Å². The maximum absolute atomic E-state index is 12.9. The van der Waals surface area contributed by atoms with E-state index >= 15 is 0 Å². The van der Waals surface area contributed by atoms with Gasteiger partial charge in [0.2, 0.25) is 0 Å². The third-order valence-electron chi connectivity index (χ3n) is 5.71. The first-order valence-electron chi connectivity index (χ1n) is 9.70. The number of hydrogen-bond donors (Lipinski definition) is 3. The van der Waals surface area contributed by atoms with Gasteiger partial charge in [-0.2, -0.15) is 0 Å². The number of nitrogens with zero attached hydrogens (tertiary/aromatic N) is 1. The normalized spacial score (nSPS) is 26.3. The minimum absolute atomic E-state index is 0.0755. The Kier molecular flexibility index (Phi) is 6.16. The van der Waals surface area contributed by atoms with Crippen LogP contribution >= 0.6 is 11.3 Å². The molecule has 1 unspecified atom stereocenters. The Labute approximate surface area is 164 Å². The molecule has 4 amide bonds. The lowest BCUT2D eigenvalue weighted by Gasteiger charge is -2.33. The first-order valence-corrected chi connectivity index (χ1v) is 10.6. The van der Waals surface area contributed by atoms with E-state index in [9.17, 15) is 14.4 Å². The fourth-order valence-corrected chi connectivity index (χ4v) is 4.46. The standard InChI is InChI=1S/C19H28N4O3S/c1-3-22(12-16(24)20-11-15-5-4-10-27-15)13-23-17(25)19(21-18(23)26)8-6-14(2)7-9-19/h4-5,10,14H,3,6-9,11-13H2,1-2H3,(H,20,24)(H,21,26)/p+1. The lowest BCUT2D eigenvalue weighted by molar-refractivity contribution is -0.897. The largest absolute Gasteiger partial charge is 0.346 e. The summed E-state index contributed by atoms with van der Waals surface area (Å²) in [5, 5.41) is 7.82. The number of likely N-dealkylation sites (N-methyl/N-ethyl adjacent to an activating group) is 1. The van der Waals surface area contributed by atoms with Crippen LogP contribution in [0.15, 0.2) is 17.5 Å². The molecule has 1 aliphatic heterocycles. The van der Waals surface area contributed by atoms with Crippen LogP contribution in [0.25, 0.3) is 0 Å². The molecule has 0 aromatic carbocycles. The van der Waals surface area contributed by atoms with Gasteiger partial charge < -0.3 is 15.5 Å². The third-order valence-corrected chi connectivity index (χ3v) is 6.58. The Morgan fingerprint density at radius 3 is 2.78 bits per heavy atom. The molecule has 1 aromatic heterocycles. The lowest BCUT2D eigenvalue weighted by atomic mass is 9.77. The van der Waals surface area contributed by atoms with E-state index in [0.717, 1.165) is 22.6 Å². The first kappa shape index (κ1) is 19.8. The van der Waals surface area contributed by atoms with Gasteiger partial charge in [0.1, 0.15) is 5.54 Å². The molecule has 1 aliphatic carbocycles. The summed E-state index contributed by atoms with van der Waals surface area (Å²) in [7, 11) is 0. The molecule has 8 heteroatoms. The van der Waals surface area contributed by atoms with Gasteiger partial charge >= 0.3 is 6.03 Å². The van der Waals surface area contributed by atoms with Crippen molar-refractivity contribution in [2.24, 2.45) is 5.92 Å². The summed E-state index contributed by atoms with van der Waals surface area (Å²) in [5.41, 5.74) is -0.718. The highest BCUT2D eigenvalue weighted by Gasteiger charge is 2.52. The van der Waals surface area contributed by atoms with Gasteiger partial charge in [-0.15, -0.1) is 11.3 Å². The zero-order chi connectivity index (χ0) is 19.4. The highest BCUT2D eigenvalue weighted by Crippen LogP contribution is 2.35. The molecule has 148 valence electrons. The Bertz CT molecular complexity index is 683. The predicted molar refractivity (Wildman–Crippen MR) is 103 cm³/mol. The van der Waals surface area contributed by atoms with E-state index in [2.05, 4.69) is 17.6 Å². The molecule has 1 saturated heterocycles. The number of nitrogens with one attached hydrogen (secondary N) is 3. The zero-order valence-corrected chi connectivity index (χ0v) is 16.9. The van der Waals surface area contributed by atoms with Crippen molar-refractivity contribution >= 4 is 29.2 Å². The van der Waals surface area contributed by atoms with Crippen LogP contribution in [0, 0.1) is 5.92 Å². The molecule has 2 aliphatic rings. The van der Waals surface area contributed by atoms with Gasteiger partial charge in [-0.3, -0.25) is 9.59 Å². The number of carbonyl (C=O) groups excluding carboxylic acids is 3. The van der Waals surface area contributed by atoms with Crippen molar-refractivity contribution in [2.45, 2.75) is 51.6 Å². The summed E-state index contributed by atoms with van der Waals surface area (Å²) in [6.07, 6.45) is 3.32. The van der Waals surface area contributed by atoms with E-state index in [0.29, 0.717) is 31.8 Å². The van der Waals surface area contributed by atoms with Crippen molar-refractivity contribution < 1.29 is 19.3 Å². The molecule has 2 fully saturated rings. The van der Waals surface area contributed by atoms with Crippen molar-refractivity contribution in [3.8, 4) is 0 Å². The molecule has 0 bridgehead atoms. The van der Waals surface area contributed by atoms with Crippen LogP contribution in [-0.4, -0.2) is 48.0 Å². The summed E-state index contributed by atoms with van der Waals surface area (Å²) in [4.78, 5) is 40.9. The van der Waals surface area contributed by atoms with Gasteiger partial charge in [0.25, 0.3) is 11.8 Å². The average molecular weight is 394 g/mol. The van der Waals surface area contributed by atoms with E-state index in [1.807, 2.05) is 24.4 Å². The van der Waals surface area contributed by atoms with Crippen molar-refractivity contribution in [3.63, 3.8) is 0 Å². The fourth-order valence-electron chi connectivity index (χ4n) is 3.82. The molecular weight excluding hydrogens is 364 g/mol. The molecule has 1 spiro atoms. The van der Waals surface area contributed by atoms with E-state index in [1.165, 1.54) is 4.90 Å². The highest BCUT2D eigenvalue weighted by atomic mass is 32.1. The quantitative estimate of drug-likeness (QED) is 0.597. The van der Waals surface area contributed by atoms with E-state index in [4.69, 9.17) is 0 Å². The maximum atomic E-state index is 12.9. The van der Waals surface area contributed by atoms with Crippen molar-refractivity contribution in [2.75, 3.05) is 19.8 Å². The minimum atomic E-state index is -0.718. The van der Waals surface area contributed by atoms with Gasteiger partial charge in [-0.05, 0) is 50.0 Å². The number of imide groups is 1. The summed E-state index contributed by atoms with van der Waals surface area (Å²) in [5.74, 6) is 0.400. The van der Waals surface area contributed by atoms with Crippen LogP contribution in [0.1, 0.15) is 44.4 Å². The monoisotopic (exact) mass is 393 g/mol. The first-order chi connectivity index (χ1) is 12.9. The molecule has 0 radical (unpaired) electrons. The maximum Gasteiger partial charge on any atom is 0.329 e. The Morgan fingerprint density at radius 2 is 2.15 bits per heavy atom. The van der Waals surface area contributed by atoms with Crippen LogP contribution in [0.4, 0.5) is 4.79 Å². The topological polar surface area (TPSA) is 82.9 Å². The second-order valence-electron chi connectivity index (χ2n) is 7.72. The molecule has 3 rings (SSSR count). The van der Waals surface area contributed by atoms with Crippen LogP contribution in [-0.2, 0) is 16.1 Å². The summed E-state index contributed by atoms with van der Waals surface area (Å²) in [6.45, 7) is 5.78. The molecule has 1 aromatic rings. The molecule has 7 nitrogen and oxygen atoms in total. The van der Waals surface area contributed by atoms with Crippen LogP contribution in [0.3, 0.4) is 0 Å². The smallest absolute Gasteiger partial charge is 0.329 e. The molecular formula is C19H29N4O3S+. The number of thiophene rings is 1. The van der Waals surface area contributed by atoms with Gasteiger partial charge in [0.05, 0.1) is 13.1 Å². The molecule has 1 saturated carbocycles. The SMILES string of the molecule is CC[NH+](CC(=O)NCc1cccs1)CN1C(=O)NC2(CCC(C)CC2)C1=O. The molecule has 3 N–H and O–H groups in total. The van der Waals surface area contributed by atoms with Gasteiger partial charge in [0.15, 0.2) is 13.2 Å². The molecule has 1 atom stereocenters. The summed E-state index contributed by atoms with van der Waals surface area (Å²) >= 11 is 1.60. The van der Waals surface area contributed by atoms with Gasteiger partial charge in [-0.25, -0.2) is 9.69 Å². The second kappa shape index (κ2) is 8.39. The second-order valence-corrected chi connectivity index (χ2v) is 8.75. The molecule has 27 heavy (non-hydrogen) atoms. The fraction of sp³-hybridized carbons (Fsp3) is 0.632. The van der Waals surface area contributed by atoms with E-state index in [-0.39, 0.29) is 31.1 Å². The average Bonchev–Trinajstić information content (AvgIpc) is 3.25. The van der Waals surface area contributed by atoms with Crippen molar-refractivity contribution in [3.05, 3.63) is 22.4 Å². The Morgan fingerprint density at radius 1 is 1.41 bits per heavy atom. The number of urea groups is 1. The Balaban J connectivity index is 1.55. The zero-order valence-electron chi connectivity index (χ0n) is 16.0. The Hall–Kier alpha value is -1.93. The minimum Gasteiger partial charge on any atom is -0.346 e. The number of rotatable bonds is 7. The molecule has 2 heterocycles. The lowest BCUT2D eigenvalue weighted by Crippen LogP contribution is -3.14. The van der Waals surface area contributed by atoms with Gasteiger partial charge in [0, 0.05) is 4.88 Å². The number of hydrogen-bond acceptors (Lipinski definition) is 4. The van der Waals surface area contributed by atoms with Crippen LogP contribution in [0.2, 0.25) is 0 Å².